The van der Waals surface area contributed by atoms with Gasteiger partial charge in [0, 0.05) is 31.0 Å². The molecule has 1 heterocycles. The molecule has 1 atom stereocenters. The van der Waals surface area contributed by atoms with E-state index in [1.165, 1.54) is 11.3 Å². The maximum atomic E-state index is 12.2. The normalized spacial score (nSPS) is 14.8. The highest BCUT2D eigenvalue weighted by atomic mass is 35.5. The number of carbonyl (C=O) groups excluding carboxylic acids is 3. The molecule has 2 amide bonds. The molecule has 142 valence electrons. The minimum absolute atomic E-state index is 0.00219. The van der Waals surface area contributed by atoms with Crippen molar-refractivity contribution in [3.8, 4) is 0 Å². The molecule has 0 spiro atoms. The Morgan fingerprint density at radius 1 is 1.07 bits per heavy atom. The van der Waals surface area contributed by atoms with Gasteiger partial charge in [-0.15, -0.1) is 11.3 Å². The summed E-state index contributed by atoms with van der Waals surface area (Å²) >= 11 is 7.48. The number of thiophene rings is 1. The fourth-order valence-corrected chi connectivity index (χ4v) is 4.01. The summed E-state index contributed by atoms with van der Waals surface area (Å²) in [7, 11) is 0. The average Bonchev–Trinajstić information content (AvgIpc) is 3.16. The molecule has 1 aromatic heterocycles. The van der Waals surface area contributed by atoms with Crippen LogP contribution in [-0.4, -0.2) is 30.7 Å². The van der Waals surface area contributed by atoms with E-state index in [0.29, 0.717) is 30.8 Å². The fourth-order valence-electron chi connectivity index (χ4n) is 3.06. The van der Waals surface area contributed by atoms with Crippen LogP contribution < -0.4 is 10.6 Å². The molecule has 27 heavy (non-hydrogen) atoms. The lowest BCUT2D eigenvalue weighted by Gasteiger charge is -2.29. The molecule has 0 saturated heterocycles. The van der Waals surface area contributed by atoms with E-state index in [1.54, 1.807) is 6.07 Å². The summed E-state index contributed by atoms with van der Waals surface area (Å²) in [6.45, 7) is 0.971. The lowest BCUT2D eigenvalue weighted by atomic mass is 9.77. The van der Waals surface area contributed by atoms with E-state index in [4.69, 9.17) is 11.6 Å². The Morgan fingerprint density at radius 2 is 1.89 bits per heavy atom. The van der Waals surface area contributed by atoms with Gasteiger partial charge in [0.25, 0.3) is 0 Å². The third kappa shape index (κ3) is 4.96. The highest BCUT2D eigenvalue weighted by molar-refractivity contribution is 7.12. The molecule has 2 N–H and O–H groups in total. The largest absolute Gasteiger partial charge is 0.356 e. The highest BCUT2D eigenvalue weighted by Gasteiger charge is 2.33. The van der Waals surface area contributed by atoms with E-state index >= 15 is 0 Å². The van der Waals surface area contributed by atoms with Gasteiger partial charge in [-0.2, -0.15) is 0 Å². The van der Waals surface area contributed by atoms with Crippen LogP contribution >= 0.6 is 22.9 Å². The zero-order valence-corrected chi connectivity index (χ0v) is 16.4. The van der Waals surface area contributed by atoms with Gasteiger partial charge in [-0.1, -0.05) is 29.8 Å². The molecule has 3 rings (SSSR count). The van der Waals surface area contributed by atoms with Crippen LogP contribution in [0, 0.1) is 0 Å². The van der Waals surface area contributed by atoms with Crippen LogP contribution in [0.3, 0.4) is 0 Å². The van der Waals surface area contributed by atoms with Gasteiger partial charge in [0.05, 0.1) is 10.8 Å². The van der Waals surface area contributed by atoms with Crippen molar-refractivity contribution in [2.45, 2.75) is 31.6 Å². The minimum atomic E-state index is -0.145. The number of Topliss-reactive ketones (excluding diaryl/α,β-unsaturated/α-hetero) is 1. The van der Waals surface area contributed by atoms with Crippen molar-refractivity contribution in [3.63, 3.8) is 0 Å². The predicted molar refractivity (Wildman–Crippen MR) is 106 cm³/mol. The Labute approximate surface area is 167 Å². The summed E-state index contributed by atoms with van der Waals surface area (Å²) in [4.78, 5) is 36.5. The van der Waals surface area contributed by atoms with Gasteiger partial charge >= 0.3 is 0 Å². The number of hydrogen-bond acceptors (Lipinski definition) is 4. The number of carbonyl (C=O) groups is 3. The number of ketones is 1. The van der Waals surface area contributed by atoms with Crippen LogP contribution in [0.5, 0.6) is 0 Å². The van der Waals surface area contributed by atoms with Crippen molar-refractivity contribution in [1.29, 1.82) is 0 Å². The molecule has 0 aliphatic heterocycles. The first kappa shape index (κ1) is 19.6. The van der Waals surface area contributed by atoms with Crippen molar-refractivity contribution in [2.24, 2.45) is 0 Å². The second-order valence-electron chi connectivity index (χ2n) is 6.46. The first-order valence-electron chi connectivity index (χ1n) is 8.94. The second-order valence-corrected chi connectivity index (χ2v) is 7.81. The molecule has 0 saturated carbocycles. The maximum absolute atomic E-state index is 12.2. The molecule has 0 bridgehead atoms. The molecule has 5 nitrogen and oxygen atoms in total. The van der Waals surface area contributed by atoms with Gasteiger partial charge in [0.15, 0.2) is 5.78 Å². The molecule has 1 unspecified atom stereocenters. The molecule has 7 heteroatoms. The van der Waals surface area contributed by atoms with Crippen LogP contribution in [-0.2, 0) is 16.0 Å². The average molecular weight is 405 g/mol. The van der Waals surface area contributed by atoms with Gasteiger partial charge in [-0.05, 0) is 41.5 Å². The Morgan fingerprint density at radius 3 is 2.67 bits per heavy atom. The zero-order chi connectivity index (χ0) is 19.2. The van der Waals surface area contributed by atoms with Gasteiger partial charge < -0.3 is 10.6 Å². The van der Waals surface area contributed by atoms with E-state index in [-0.39, 0.29) is 36.4 Å². The summed E-state index contributed by atoms with van der Waals surface area (Å²) in [6.07, 6.45) is 1.72. The highest BCUT2D eigenvalue weighted by Crippen LogP contribution is 2.39. The van der Waals surface area contributed by atoms with Crippen LogP contribution in [0.1, 0.15) is 46.0 Å². The molecule has 2 aromatic rings. The Kier molecular flexibility index (Phi) is 6.63. The van der Waals surface area contributed by atoms with Crippen LogP contribution in [0.25, 0.3) is 0 Å². The van der Waals surface area contributed by atoms with Crippen molar-refractivity contribution >= 4 is 40.5 Å². The third-order valence-electron chi connectivity index (χ3n) is 4.61. The first-order chi connectivity index (χ1) is 13.1. The molecule has 0 fully saturated rings. The second kappa shape index (κ2) is 9.15. The van der Waals surface area contributed by atoms with Crippen molar-refractivity contribution in [2.75, 3.05) is 13.1 Å². The topological polar surface area (TPSA) is 75.3 Å². The summed E-state index contributed by atoms with van der Waals surface area (Å²) < 4.78 is 0. The number of amides is 2. The smallest absolute Gasteiger partial charge is 0.227 e. The monoisotopic (exact) mass is 404 g/mol. The fraction of sp³-hybridized carbons (Fsp3) is 0.350. The summed E-state index contributed by atoms with van der Waals surface area (Å²) in [5, 5.41) is 8.25. The number of halogens is 1. The molecule has 1 aliphatic rings. The van der Waals surface area contributed by atoms with E-state index in [9.17, 15) is 14.4 Å². The van der Waals surface area contributed by atoms with E-state index < -0.39 is 0 Å². The van der Waals surface area contributed by atoms with Crippen molar-refractivity contribution in [3.05, 3.63) is 56.7 Å². The number of fused-ring (bicyclic) bond motifs is 1. The number of rotatable bonds is 9. The first-order valence-corrected chi connectivity index (χ1v) is 10.2. The SMILES string of the molecule is O=C(CCC(=O)c1cccs1)NCCCNC(=O)C1Cc2c(Cl)cccc21. The third-order valence-corrected chi connectivity index (χ3v) is 5.87. The van der Waals surface area contributed by atoms with Crippen molar-refractivity contribution < 1.29 is 14.4 Å². The zero-order valence-electron chi connectivity index (χ0n) is 14.8. The van der Waals surface area contributed by atoms with Gasteiger partial charge in [0.2, 0.25) is 11.8 Å². The Hall–Kier alpha value is -2.18. The van der Waals surface area contributed by atoms with E-state index in [0.717, 1.165) is 16.1 Å². The lowest BCUT2D eigenvalue weighted by Crippen LogP contribution is -2.37. The van der Waals surface area contributed by atoms with E-state index in [1.807, 2.05) is 29.6 Å². The van der Waals surface area contributed by atoms with Gasteiger partial charge in [-0.25, -0.2) is 0 Å². The minimum Gasteiger partial charge on any atom is -0.356 e. The molecular weight excluding hydrogens is 384 g/mol. The molecular formula is C20H21ClN2O3S. The molecule has 0 radical (unpaired) electrons. The predicted octanol–water partition coefficient (Wildman–Crippen LogP) is 3.33. The Balaban J connectivity index is 1.28. The van der Waals surface area contributed by atoms with Gasteiger partial charge in [0.1, 0.15) is 0 Å². The summed E-state index contributed by atoms with van der Waals surface area (Å²) in [5.74, 6) is -0.281. The van der Waals surface area contributed by atoms with Crippen LogP contribution in [0.2, 0.25) is 5.02 Å². The summed E-state index contributed by atoms with van der Waals surface area (Å²) in [6, 6.07) is 9.22. The summed E-state index contributed by atoms with van der Waals surface area (Å²) in [5.41, 5.74) is 2.06. The molecule has 1 aliphatic carbocycles. The van der Waals surface area contributed by atoms with Crippen molar-refractivity contribution in [1.82, 2.24) is 10.6 Å². The Bertz CT molecular complexity index is 836. The number of hydrogen-bond donors (Lipinski definition) is 2. The molecule has 1 aromatic carbocycles. The maximum Gasteiger partial charge on any atom is 0.227 e. The lowest BCUT2D eigenvalue weighted by molar-refractivity contribution is -0.123. The standard InChI is InChI=1S/C20H21ClN2O3S/c21-16-5-1-4-13-14(16)12-15(13)20(26)23-10-3-9-22-19(25)8-7-17(24)18-6-2-11-27-18/h1-2,4-6,11,15H,3,7-10,12H2,(H,22,25)(H,23,26). The van der Waals surface area contributed by atoms with E-state index in [2.05, 4.69) is 10.6 Å². The van der Waals surface area contributed by atoms with Gasteiger partial charge in [-0.3, -0.25) is 14.4 Å². The quantitative estimate of drug-likeness (QED) is 0.497. The number of benzene rings is 1. The number of nitrogens with one attached hydrogen (secondary N) is 2. The van der Waals surface area contributed by atoms with Crippen LogP contribution in [0.15, 0.2) is 35.7 Å². The van der Waals surface area contributed by atoms with Crippen LogP contribution in [0.4, 0.5) is 0 Å².